The van der Waals surface area contributed by atoms with Gasteiger partial charge in [-0.15, -0.1) is 0 Å². The van der Waals surface area contributed by atoms with Gasteiger partial charge >= 0.3 is 11.9 Å². The number of nitrogens with one attached hydrogen (secondary N) is 1. The number of ether oxygens (including phenoxy) is 1. The van der Waals surface area contributed by atoms with Gasteiger partial charge in [0.2, 0.25) is 5.91 Å². The largest absolute Gasteiger partial charge is 0.481 e. The fourth-order valence-electron chi connectivity index (χ4n) is 4.86. The van der Waals surface area contributed by atoms with Crippen LogP contribution in [0.4, 0.5) is 5.69 Å². The van der Waals surface area contributed by atoms with Crippen molar-refractivity contribution in [1.82, 2.24) is 5.32 Å². The van der Waals surface area contributed by atoms with Crippen molar-refractivity contribution in [2.24, 2.45) is 17.6 Å². The van der Waals surface area contributed by atoms with Crippen molar-refractivity contribution in [3.63, 3.8) is 0 Å². The second-order valence-electron chi connectivity index (χ2n) is 9.15. The van der Waals surface area contributed by atoms with Gasteiger partial charge in [-0.3, -0.25) is 25.0 Å². The van der Waals surface area contributed by atoms with Gasteiger partial charge in [0, 0.05) is 0 Å². The summed E-state index contributed by atoms with van der Waals surface area (Å²) in [6.07, 6.45) is 7.24. The van der Waals surface area contributed by atoms with Gasteiger partial charge in [0.15, 0.2) is 5.72 Å². The maximum atomic E-state index is 12.9. The summed E-state index contributed by atoms with van der Waals surface area (Å²) in [5.41, 5.74) is 4.95. The third kappa shape index (κ3) is 6.68. The fourth-order valence-corrected chi connectivity index (χ4v) is 4.86. The van der Waals surface area contributed by atoms with Gasteiger partial charge in [-0.05, 0) is 50.4 Å². The van der Waals surface area contributed by atoms with E-state index in [4.69, 9.17) is 10.5 Å². The SMILES string of the molecule is N[C@@]1([C@H](CCCCCCC2CCNCC2)C(=O)O)CC(=O)N(CC(=O)O)c2ccccc2O1. The van der Waals surface area contributed by atoms with Crippen LogP contribution in [0.5, 0.6) is 5.75 Å². The molecule has 1 fully saturated rings. The zero-order valence-corrected chi connectivity index (χ0v) is 19.0. The number of rotatable bonds is 11. The molecule has 1 aromatic carbocycles. The Balaban J connectivity index is 1.62. The number of nitrogens with zero attached hydrogens (tertiary/aromatic N) is 1. The Bertz CT molecular complexity index is 841. The Morgan fingerprint density at radius 2 is 1.85 bits per heavy atom. The standard InChI is InChI=1S/C24H35N3O6/c25-24(15-21(28)27(16-22(29)30)19-9-5-6-10-20(19)33-24)18(23(31)32)8-4-2-1-3-7-17-11-13-26-14-12-17/h5-6,9-10,17-18,26H,1-4,7-8,11-16,25H2,(H,29,30)(H,31,32)/t18-,24+/m1/s1. The van der Waals surface area contributed by atoms with Crippen molar-refractivity contribution >= 4 is 23.5 Å². The van der Waals surface area contributed by atoms with Gasteiger partial charge in [-0.2, -0.15) is 0 Å². The first-order valence-corrected chi connectivity index (χ1v) is 11.8. The number of unbranched alkanes of at least 4 members (excludes halogenated alkanes) is 3. The van der Waals surface area contributed by atoms with Crippen LogP contribution in [0.15, 0.2) is 24.3 Å². The van der Waals surface area contributed by atoms with Crippen LogP contribution in [-0.4, -0.2) is 53.4 Å². The van der Waals surface area contributed by atoms with E-state index in [9.17, 15) is 24.6 Å². The van der Waals surface area contributed by atoms with E-state index in [-0.39, 0.29) is 17.9 Å². The average Bonchev–Trinajstić information content (AvgIpc) is 2.87. The maximum Gasteiger partial charge on any atom is 0.323 e. The number of nitrogens with two attached hydrogens (primary N) is 1. The normalized spacial score (nSPS) is 22.2. The van der Waals surface area contributed by atoms with Crippen LogP contribution < -0.4 is 20.7 Å². The summed E-state index contributed by atoms with van der Waals surface area (Å²) in [5, 5.41) is 22.5. The molecule has 0 aliphatic carbocycles. The van der Waals surface area contributed by atoms with Crippen molar-refractivity contribution < 1.29 is 29.3 Å². The maximum absolute atomic E-state index is 12.9. The Morgan fingerprint density at radius 3 is 2.55 bits per heavy atom. The number of piperidine rings is 1. The number of amides is 1. The molecule has 0 spiro atoms. The minimum atomic E-state index is -1.76. The Morgan fingerprint density at radius 1 is 1.15 bits per heavy atom. The highest BCUT2D eigenvalue weighted by Gasteiger charge is 2.47. The minimum Gasteiger partial charge on any atom is -0.481 e. The third-order valence-electron chi connectivity index (χ3n) is 6.68. The molecule has 182 valence electrons. The summed E-state index contributed by atoms with van der Waals surface area (Å²) < 4.78 is 5.94. The number of carboxylic acid groups (broad SMARTS) is 2. The minimum absolute atomic E-state index is 0.209. The number of para-hydroxylation sites is 2. The van der Waals surface area contributed by atoms with Crippen LogP contribution in [0, 0.1) is 11.8 Å². The average molecular weight is 462 g/mol. The number of carbonyl (C=O) groups excluding carboxylic acids is 1. The van der Waals surface area contributed by atoms with Crippen LogP contribution in [0.25, 0.3) is 0 Å². The molecule has 0 unspecified atom stereocenters. The number of hydrogen-bond acceptors (Lipinski definition) is 6. The van der Waals surface area contributed by atoms with E-state index < -0.39 is 42.5 Å². The monoisotopic (exact) mass is 461 g/mol. The summed E-state index contributed by atoms with van der Waals surface area (Å²) in [7, 11) is 0. The predicted octanol–water partition coefficient (Wildman–Crippen LogP) is 2.58. The van der Waals surface area contributed by atoms with Crippen LogP contribution in [0.1, 0.15) is 57.8 Å². The van der Waals surface area contributed by atoms with E-state index >= 15 is 0 Å². The first-order chi connectivity index (χ1) is 15.8. The lowest BCUT2D eigenvalue weighted by Gasteiger charge is -2.33. The molecule has 0 radical (unpaired) electrons. The van der Waals surface area contributed by atoms with Crippen LogP contribution in [0.3, 0.4) is 0 Å². The molecule has 0 aromatic heterocycles. The lowest BCUT2D eigenvalue weighted by atomic mass is 9.87. The van der Waals surface area contributed by atoms with E-state index in [0.29, 0.717) is 6.42 Å². The molecular formula is C24H35N3O6. The molecule has 5 N–H and O–H groups in total. The first kappa shape index (κ1) is 25.0. The summed E-state index contributed by atoms with van der Waals surface area (Å²) >= 11 is 0. The summed E-state index contributed by atoms with van der Waals surface area (Å²) in [6.45, 7) is 1.63. The molecule has 3 rings (SSSR count). The van der Waals surface area contributed by atoms with Gasteiger partial charge in [0.05, 0.1) is 12.1 Å². The zero-order valence-electron chi connectivity index (χ0n) is 19.0. The first-order valence-electron chi connectivity index (χ1n) is 11.8. The van der Waals surface area contributed by atoms with Crippen molar-refractivity contribution in [3.8, 4) is 5.75 Å². The second-order valence-corrected chi connectivity index (χ2v) is 9.15. The second kappa shape index (κ2) is 11.5. The zero-order chi connectivity index (χ0) is 23.8. The van der Waals surface area contributed by atoms with Gasteiger partial charge in [-0.25, -0.2) is 0 Å². The van der Waals surface area contributed by atoms with Gasteiger partial charge < -0.3 is 20.3 Å². The predicted molar refractivity (Wildman–Crippen MR) is 123 cm³/mol. The summed E-state index contributed by atoms with van der Waals surface area (Å²) in [4.78, 5) is 37.5. The number of fused-ring (bicyclic) bond motifs is 1. The van der Waals surface area contributed by atoms with Crippen molar-refractivity contribution in [1.29, 1.82) is 0 Å². The lowest BCUT2D eigenvalue weighted by Crippen LogP contribution is -2.57. The van der Waals surface area contributed by atoms with E-state index in [2.05, 4.69) is 5.32 Å². The van der Waals surface area contributed by atoms with Crippen LogP contribution in [0.2, 0.25) is 0 Å². The quantitative estimate of drug-likeness (QED) is 0.368. The molecule has 2 aliphatic heterocycles. The number of benzene rings is 1. The number of hydrogen-bond donors (Lipinski definition) is 4. The van der Waals surface area contributed by atoms with E-state index in [1.165, 1.54) is 19.3 Å². The Labute approximate surface area is 194 Å². The van der Waals surface area contributed by atoms with Gasteiger partial charge in [0.25, 0.3) is 0 Å². The molecule has 33 heavy (non-hydrogen) atoms. The summed E-state index contributed by atoms with van der Waals surface area (Å²) in [6, 6.07) is 6.47. The molecule has 9 nitrogen and oxygen atoms in total. The molecule has 0 bridgehead atoms. The smallest absolute Gasteiger partial charge is 0.323 e. The van der Waals surface area contributed by atoms with Crippen molar-refractivity contribution in [2.45, 2.75) is 63.5 Å². The molecular weight excluding hydrogens is 426 g/mol. The molecule has 2 atom stereocenters. The molecule has 2 aliphatic rings. The van der Waals surface area contributed by atoms with Crippen LogP contribution in [-0.2, 0) is 14.4 Å². The van der Waals surface area contributed by atoms with E-state index in [0.717, 1.165) is 43.2 Å². The van der Waals surface area contributed by atoms with E-state index in [1.54, 1.807) is 24.3 Å². The van der Waals surface area contributed by atoms with Crippen LogP contribution >= 0.6 is 0 Å². The van der Waals surface area contributed by atoms with E-state index in [1.807, 2.05) is 0 Å². The third-order valence-corrected chi connectivity index (χ3v) is 6.68. The fraction of sp³-hybridized carbons (Fsp3) is 0.625. The van der Waals surface area contributed by atoms with Gasteiger partial charge in [-0.1, -0.05) is 44.2 Å². The number of anilines is 1. The van der Waals surface area contributed by atoms with Crippen molar-refractivity contribution in [2.75, 3.05) is 24.5 Å². The molecule has 9 heteroatoms. The molecule has 1 saturated heterocycles. The summed E-state index contributed by atoms with van der Waals surface area (Å²) in [5.74, 6) is -2.97. The molecule has 1 amide bonds. The number of carboxylic acids is 2. The van der Waals surface area contributed by atoms with Crippen molar-refractivity contribution in [3.05, 3.63) is 24.3 Å². The highest BCUT2D eigenvalue weighted by atomic mass is 16.5. The highest BCUT2D eigenvalue weighted by molar-refractivity contribution is 6.00. The molecule has 2 heterocycles. The number of aliphatic carboxylic acids is 2. The van der Waals surface area contributed by atoms with Gasteiger partial charge in [0.1, 0.15) is 18.2 Å². The molecule has 1 aromatic rings. The lowest BCUT2D eigenvalue weighted by molar-refractivity contribution is -0.152. The molecule has 0 saturated carbocycles. The topological polar surface area (TPSA) is 142 Å². The Kier molecular flexibility index (Phi) is 8.68. The highest BCUT2D eigenvalue weighted by Crippen LogP contribution is 2.38. The Hall–Kier alpha value is -2.65. The number of carbonyl (C=O) groups is 3.